The summed E-state index contributed by atoms with van der Waals surface area (Å²) in [7, 11) is 0. The van der Waals surface area contributed by atoms with Gasteiger partial charge < -0.3 is 5.32 Å². The van der Waals surface area contributed by atoms with E-state index < -0.39 is 0 Å². The third-order valence-electron chi connectivity index (χ3n) is 3.32. The maximum atomic E-state index is 4.34. The first-order chi connectivity index (χ1) is 8.17. The van der Waals surface area contributed by atoms with Crippen LogP contribution in [0.15, 0.2) is 12.3 Å². The van der Waals surface area contributed by atoms with E-state index in [0.29, 0.717) is 6.04 Å². The van der Waals surface area contributed by atoms with Crippen molar-refractivity contribution in [1.82, 2.24) is 15.1 Å². The van der Waals surface area contributed by atoms with Crippen LogP contribution in [0.25, 0.3) is 0 Å². The Labute approximate surface area is 106 Å². The molecule has 2 unspecified atom stereocenters. The Kier molecular flexibility index (Phi) is 6.27. The Bertz CT molecular complexity index is 306. The normalized spacial score (nSPS) is 14.8. The smallest absolute Gasteiger partial charge is 0.0522 e. The van der Waals surface area contributed by atoms with Crippen LogP contribution in [-0.4, -0.2) is 15.8 Å². The number of hydrogen-bond acceptors (Lipinski definition) is 2. The topological polar surface area (TPSA) is 29.9 Å². The summed E-state index contributed by atoms with van der Waals surface area (Å²) in [4.78, 5) is 0. The van der Waals surface area contributed by atoms with E-state index in [0.717, 1.165) is 25.4 Å². The molecule has 0 bridgehead atoms. The second-order valence-corrected chi connectivity index (χ2v) is 5.08. The van der Waals surface area contributed by atoms with Crippen molar-refractivity contribution in [2.24, 2.45) is 5.92 Å². The lowest BCUT2D eigenvalue weighted by atomic mass is 10.0. The van der Waals surface area contributed by atoms with Crippen molar-refractivity contribution in [2.45, 2.75) is 66.1 Å². The predicted molar refractivity (Wildman–Crippen MR) is 72.9 cm³/mol. The highest BCUT2D eigenvalue weighted by atomic mass is 15.3. The average molecular weight is 237 g/mol. The summed E-state index contributed by atoms with van der Waals surface area (Å²) < 4.78 is 2.10. The Morgan fingerprint density at radius 3 is 2.76 bits per heavy atom. The Balaban J connectivity index is 2.36. The van der Waals surface area contributed by atoms with Gasteiger partial charge in [-0.2, -0.15) is 5.10 Å². The molecule has 0 aliphatic heterocycles. The van der Waals surface area contributed by atoms with E-state index in [1.165, 1.54) is 18.5 Å². The predicted octanol–water partition coefficient (Wildman–Crippen LogP) is 3.21. The lowest BCUT2D eigenvalue weighted by Crippen LogP contribution is -2.28. The molecule has 0 saturated carbocycles. The van der Waals surface area contributed by atoms with Gasteiger partial charge in [0.05, 0.1) is 5.69 Å². The van der Waals surface area contributed by atoms with Gasteiger partial charge >= 0.3 is 0 Å². The third-order valence-corrected chi connectivity index (χ3v) is 3.32. The van der Waals surface area contributed by atoms with Crippen molar-refractivity contribution >= 4 is 0 Å². The largest absolute Gasteiger partial charge is 0.309 e. The van der Waals surface area contributed by atoms with E-state index in [9.17, 15) is 0 Å². The number of aromatic nitrogens is 2. The van der Waals surface area contributed by atoms with Crippen LogP contribution in [-0.2, 0) is 13.1 Å². The highest BCUT2D eigenvalue weighted by Gasteiger charge is 2.08. The van der Waals surface area contributed by atoms with Gasteiger partial charge in [0.1, 0.15) is 0 Å². The first kappa shape index (κ1) is 14.2. The fourth-order valence-corrected chi connectivity index (χ4v) is 2.06. The molecule has 0 aliphatic rings. The van der Waals surface area contributed by atoms with Crippen LogP contribution in [0, 0.1) is 5.92 Å². The van der Waals surface area contributed by atoms with Gasteiger partial charge in [-0.1, -0.05) is 27.2 Å². The monoisotopic (exact) mass is 237 g/mol. The highest BCUT2D eigenvalue weighted by molar-refractivity contribution is 5.00. The fourth-order valence-electron chi connectivity index (χ4n) is 2.06. The van der Waals surface area contributed by atoms with Crippen LogP contribution < -0.4 is 5.32 Å². The van der Waals surface area contributed by atoms with Gasteiger partial charge in [-0.3, -0.25) is 4.68 Å². The minimum absolute atomic E-state index is 0.579. The van der Waals surface area contributed by atoms with Gasteiger partial charge in [-0.25, -0.2) is 0 Å². The quantitative estimate of drug-likeness (QED) is 0.752. The molecule has 0 radical (unpaired) electrons. The van der Waals surface area contributed by atoms with Gasteiger partial charge in [0, 0.05) is 25.3 Å². The Morgan fingerprint density at radius 2 is 2.12 bits per heavy atom. The summed E-state index contributed by atoms with van der Waals surface area (Å²) in [5.74, 6) is 0.804. The fraction of sp³-hybridized carbons (Fsp3) is 0.786. The zero-order chi connectivity index (χ0) is 12.7. The molecule has 0 aromatic carbocycles. The maximum Gasteiger partial charge on any atom is 0.0522 e. The van der Waals surface area contributed by atoms with Crippen molar-refractivity contribution in [2.75, 3.05) is 0 Å². The van der Waals surface area contributed by atoms with Gasteiger partial charge in [0.15, 0.2) is 0 Å². The lowest BCUT2D eigenvalue weighted by Gasteiger charge is -2.17. The number of nitrogens with one attached hydrogen (secondary N) is 1. The van der Waals surface area contributed by atoms with E-state index in [4.69, 9.17) is 0 Å². The molecule has 0 spiro atoms. The molecule has 0 fully saturated rings. The summed E-state index contributed by atoms with van der Waals surface area (Å²) in [6, 6.07) is 2.69. The molecule has 0 aliphatic carbocycles. The number of aryl methyl sites for hydroxylation is 1. The molecule has 0 saturated heterocycles. The molecule has 2 atom stereocenters. The molecule has 1 aromatic heterocycles. The van der Waals surface area contributed by atoms with Crippen molar-refractivity contribution in [3.05, 3.63) is 18.0 Å². The first-order valence-corrected chi connectivity index (χ1v) is 6.91. The van der Waals surface area contributed by atoms with E-state index >= 15 is 0 Å². The Morgan fingerprint density at radius 1 is 1.35 bits per heavy atom. The summed E-state index contributed by atoms with van der Waals surface area (Å²) in [6.45, 7) is 11.0. The van der Waals surface area contributed by atoms with Gasteiger partial charge in [0.2, 0.25) is 0 Å². The third kappa shape index (κ3) is 4.90. The minimum atomic E-state index is 0.579. The molecule has 3 heteroatoms. The molecule has 1 heterocycles. The molecule has 1 aromatic rings. The second kappa shape index (κ2) is 7.49. The van der Waals surface area contributed by atoms with E-state index in [2.05, 4.69) is 48.9 Å². The van der Waals surface area contributed by atoms with E-state index in [1.54, 1.807) is 0 Å². The van der Waals surface area contributed by atoms with Gasteiger partial charge in [-0.05, 0) is 31.7 Å². The molecule has 98 valence electrons. The maximum absolute atomic E-state index is 4.34. The van der Waals surface area contributed by atoms with Crippen LogP contribution in [0.4, 0.5) is 0 Å². The van der Waals surface area contributed by atoms with Crippen LogP contribution in [0.5, 0.6) is 0 Å². The van der Waals surface area contributed by atoms with Crippen molar-refractivity contribution in [3.8, 4) is 0 Å². The summed E-state index contributed by atoms with van der Waals surface area (Å²) >= 11 is 0. The van der Waals surface area contributed by atoms with Crippen molar-refractivity contribution in [3.63, 3.8) is 0 Å². The molecule has 17 heavy (non-hydrogen) atoms. The molecule has 0 amide bonds. The van der Waals surface area contributed by atoms with E-state index in [1.807, 2.05) is 6.20 Å². The highest BCUT2D eigenvalue weighted by Crippen LogP contribution is 2.10. The molecule has 3 nitrogen and oxygen atoms in total. The average Bonchev–Trinajstić information content (AvgIpc) is 2.74. The zero-order valence-corrected chi connectivity index (χ0v) is 11.7. The van der Waals surface area contributed by atoms with Crippen LogP contribution in [0.1, 0.15) is 52.7 Å². The zero-order valence-electron chi connectivity index (χ0n) is 11.7. The molecular weight excluding hydrogens is 210 g/mol. The van der Waals surface area contributed by atoms with Gasteiger partial charge in [0.25, 0.3) is 0 Å². The van der Waals surface area contributed by atoms with Crippen LogP contribution in [0.3, 0.4) is 0 Å². The van der Waals surface area contributed by atoms with Crippen LogP contribution in [0.2, 0.25) is 0 Å². The first-order valence-electron chi connectivity index (χ1n) is 6.91. The molecular formula is C14H27N3. The van der Waals surface area contributed by atoms with Crippen molar-refractivity contribution in [1.29, 1.82) is 0 Å². The standard InChI is InChI=1S/C14H27N3/c1-5-9-17-14(7-8-16-17)11-15-13(4)10-12(3)6-2/h7-8,12-13,15H,5-6,9-11H2,1-4H3. The number of rotatable bonds is 8. The second-order valence-electron chi connectivity index (χ2n) is 5.08. The Hall–Kier alpha value is -0.830. The summed E-state index contributed by atoms with van der Waals surface area (Å²) in [5, 5.41) is 7.93. The summed E-state index contributed by atoms with van der Waals surface area (Å²) in [6.07, 6.45) is 5.54. The van der Waals surface area contributed by atoms with E-state index in [-0.39, 0.29) is 0 Å². The minimum Gasteiger partial charge on any atom is -0.309 e. The van der Waals surface area contributed by atoms with Gasteiger partial charge in [-0.15, -0.1) is 0 Å². The lowest BCUT2D eigenvalue weighted by molar-refractivity contribution is 0.405. The SMILES string of the molecule is CCCn1nccc1CNC(C)CC(C)CC. The number of hydrogen-bond donors (Lipinski definition) is 1. The van der Waals surface area contributed by atoms with Crippen LogP contribution >= 0.6 is 0 Å². The van der Waals surface area contributed by atoms with Crippen molar-refractivity contribution < 1.29 is 0 Å². The summed E-state index contributed by atoms with van der Waals surface area (Å²) in [5.41, 5.74) is 1.29. The molecule has 1 N–H and O–H groups in total. The molecule has 1 rings (SSSR count). The number of nitrogens with zero attached hydrogens (tertiary/aromatic N) is 2.